The Hall–Kier alpha value is -1.69. The van der Waals surface area contributed by atoms with E-state index in [2.05, 4.69) is 15.0 Å². The molecule has 0 fully saturated rings. The highest BCUT2D eigenvalue weighted by atomic mass is 35.5. The molecule has 3 nitrogen and oxygen atoms in total. The summed E-state index contributed by atoms with van der Waals surface area (Å²) in [7, 11) is 0. The maximum absolute atomic E-state index is 6.11. The zero-order valence-corrected chi connectivity index (χ0v) is 13.4. The molecule has 0 saturated carbocycles. The van der Waals surface area contributed by atoms with E-state index in [4.69, 9.17) is 23.8 Å². The molecule has 0 aliphatic carbocycles. The topological polar surface area (TPSA) is 37.0 Å². The van der Waals surface area contributed by atoms with Gasteiger partial charge in [0.1, 0.15) is 0 Å². The minimum atomic E-state index is 0.567. The van der Waals surface area contributed by atoms with Crippen LogP contribution in [0.25, 0.3) is 10.1 Å². The van der Waals surface area contributed by atoms with Gasteiger partial charge in [-0.15, -0.1) is 0 Å². The molecule has 0 aliphatic rings. The first-order valence-corrected chi connectivity index (χ1v) is 7.91. The van der Waals surface area contributed by atoms with Crippen LogP contribution in [0.4, 0.5) is 5.69 Å². The van der Waals surface area contributed by atoms with Crippen LogP contribution in [0.2, 0.25) is 5.02 Å². The third kappa shape index (κ3) is 3.50. The summed E-state index contributed by atoms with van der Waals surface area (Å²) in [6.45, 7) is 0.591. The molecular weight excluding hydrogens is 322 g/mol. The zero-order valence-electron chi connectivity index (χ0n) is 11.0. The molecule has 0 aliphatic heterocycles. The smallest absolute Gasteiger partial charge is 0.171 e. The van der Waals surface area contributed by atoms with Gasteiger partial charge in [-0.3, -0.25) is 0 Å². The van der Waals surface area contributed by atoms with Gasteiger partial charge in [0.05, 0.1) is 4.70 Å². The van der Waals surface area contributed by atoms with Gasteiger partial charge in [0.2, 0.25) is 0 Å². The van der Waals surface area contributed by atoms with Crippen LogP contribution in [0.15, 0.2) is 48.7 Å². The van der Waals surface area contributed by atoms with E-state index in [9.17, 15) is 0 Å². The zero-order chi connectivity index (χ0) is 14.7. The van der Waals surface area contributed by atoms with E-state index < -0.39 is 0 Å². The van der Waals surface area contributed by atoms with Crippen molar-refractivity contribution in [3.8, 4) is 0 Å². The summed E-state index contributed by atoms with van der Waals surface area (Å²) in [6.07, 6.45) is 1.85. The minimum absolute atomic E-state index is 0.567. The average molecular weight is 334 g/mol. The largest absolute Gasteiger partial charge is 0.358 e. The van der Waals surface area contributed by atoms with E-state index in [-0.39, 0.29) is 0 Å². The predicted octanol–water partition coefficient (Wildman–Crippen LogP) is 4.44. The molecule has 0 saturated heterocycles. The van der Waals surface area contributed by atoms with Crippen LogP contribution in [0.3, 0.4) is 0 Å². The van der Waals surface area contributed by atoms with E-state index in [1.807, 2.05) is 48.7 Å². The molecule has 2 aromatic carbocycles. The van der Waals surface area contributed by atoms with E-state index in [0.29, 0.717) is 11.7 Å². The van der Waals surface area contributed by atoms with Crippen molar-refractivity contribution in [1.82, 2.24) is 9.69 Å². The van der Waals surface area contributed by atoms with Crippen molar-refractivity contribution in [2.24, 2.45) is 0 Å². The summed E-state index contributed by atoms with van der Waals surface area (Å²) in [5.41, 5.74) is 1.96. The van der Waals surface area contributed by atoms with Gasteiger partial charge in [-0.05, 0) is 53.6 Å². The molecule has 106 valence electrons. The summed E-state index contributed by atoms with van der Waals surface area (Å²) in [5.74, 6) is 0. The van der Waals surface area contributed by atoms with Crippen LogP contribution < -0.4 is 10.6 Å². The van der Waals surface area contributed by atoms with Crippen LogP contribution in [0.1, 0.15) is 5.56 Å². The number of hydrogen-bond donors (Lipinski definition) is 2. The van der Waals surface area contributed by atoms with Crippen LogP contribution in [-0.2, 0) is 6.54 Å². The summed E-state index contributed by atoms with van der Waals surface area (Å²) in [6, 6.07) is 13.8. The molecule has 6 heteroatoms. The molecule has 0 bridgehead atoms. The number of benzene rings is 2. The molecule has 21 heavy (non-hydrogen) atoms. The van der Waals surface area contributed by atoms with Gasteiger partial charge in [0, 0.05) is 28.8 Å². The lowest BCUT2D eigenvalue weighted by Crippen LogP contribution is -2.27. The normalized spacial score (nSPS) is 10.5. The maximum Gasteiger partial charge on any atom is 0.171 e. The number of fused-ring (bicyclic) bond motifs is 1. The first kappa shape index (κ1) is 14.3. The van der Waals surface area contributed by atoms with Crippen LogP contribution in [0, 0.1) is 0 Å². The van der Waals surface area contributed by atoms with E-state index in [0.717, 1.165) is 26.4 Å². The number of thiocarbonyl (C=S) groups is 1. The quantitative estimate of drug-likeness (QED) is 0.695. The lowest BCUT2D eigenvalue weighted by atomic mass is 10.2. The second-order valence-corrected chi connectivity index (χ2v) is 6.13. The number of nitrogens with one attached hydrogen (secondary N) is 2. The van der Waals surface area contributed by atoms with Crippen molar-refractivity contribution in [3.63, 3.8) is 0 Å². The van der Waals surface area contributed by atoms with Crippen molar-refractivity contribution in [1.29, 1.82) is 0 Å². The Labute approximate surface area is 137 Å². The van der Waals surface area contributed by atoms with Crippen molar-refractivity contribution < 1.29 is 0 Å². The molecule has 1 aromatic heterocycles. The van der Waals surface area contributed by atoms with Crippen molar-refractivity contribution in [3.05, 3.63) is 59.2 Å². The lowest BCUT2D eigenvalue weighted by molar-refractivity contribution is 0.926. The van der Waals surface area contributed by atoms with E-state index >= 15 is 0 Å². The first-order chi connectivity index (χ1) is 10.2. The monoisotopic (exact) mass is 333 g/mol. The SMILES string of the molecule is S=C(NCc1ccccc1Cl)Nc1ccc2sncc2c1. The van der Waals surface area contributed by atoms with Gasteiger partial charge in [-0.25, -0.2) is 0 Å². The van der Waals surface area contributed by atoms with E-state index in [1.165, 1.54) is 11.5 Å². The Morgan fingerprint density at radius 2 is 2.10 bits per heavy atom. The van der Waals surface area contributed by atoms with Gasteiger partial charge in [-0.2, -0.15) is 4.37 Å². The van der Waals surface area contributed by atoms with Gasteiger partial charge in [-0.1, -0.05) is 29.8 Å². The van der Waals surface area contributed by atoms with Crippen molar-refractivity contribution in [2.75, 3.05) is 5.32 Å². The van der Waals surface area contributed by atoms with Crippen molar-refractivity contribution in [2.45, 2.75) is 6.54 Å². The Bertz CT molecular complexity index is 785. The summed E-state index contributed by atoms with van der Waals surface area (Å²) < 4.78 is 5.32. The molecule has 2 N–H and O–H groups in total. The van der Waals surface area contributed by atoms with E-state index in [1.54, 1.807) is 0 Å². The summed E-state index contributed by atoms with van der Waals surface area (Å²) in [5, 5.41) is 8.73. The summed E-state index contributed by atoms with van der Waals surface area (Å²) >= 11 is 12.9. The number of rotatable bonds is 3. The average Bonchev–Trinajstić information content (AvgIpc) is 2.94. The number of anilines is 1. The molecule has 0 atom stereocenters. The number of hydrogen-bond acceptors (Lipinski definition) is 3. The highest BCUT2D eigenvalue weighted by molar-refractivity contribution is 7.80. The van der Waals surface area contributed by atoms with Crippen LogP contribution >= 0.6 is 35.4 Å². The molecular formula is C15H12ClN3S2. The van der Waals surface area contributed by atoms with Crippen molar-refractivity contribution >= 4 is 56.2 Å². The van der Waals surface area contributed by atoms with Gasteiger partial charge in [0.15, 0.2) is 5.11 Å². The van der Waals surface area contributed by atoms with Gasteiger partial charge < -0.3 is 10.6 Å². The highest BCUT2D eigenvalue weighted by Gasteiger charge is 2.03. The molecule has 0 radical (unpaired) electrons. The minimum Gasteiger partial charge on any atom is -0.358 e. The standard InChI is InChI=1S/C15H12ClN3S2/c16-13-4-2-1-3-10(13)8-17-15(20)19-12-5-6-14-11(7-12)9-18-21-14/h1-7,9H,8H2,(H2,17,19,20). The molecule has 3 rings (SSSR count). The van der Waals surface area contributed by atoms with Gasteiger partial charge in [0.25, 0.3) is 0 Å². The fraction of sp³-hybridized carbons (Fsp3) is 0.0667. The second-order valence-electron chi connectivity index (χ2n) is 4.48. The molecule has 0 amide bonds. The fourth-order valence-electron chi connectivity index (χ4n) is 1.94. The Kier molecular flexibility index (Phi) is 4.34. The van der Waals surface area contributed by atoms with Crippen LogP contribution in [-0.4, -0.2) is 9.49 Å². The fourth-order valence-corrected chi connectivity index (χ4v) is 2.96. The molecule has 3 aromatic rings. The Morgan fingerprint density at radius 1 is 1.24 bits per heavy atom. The van der Waals surface area contributed by atoms with Gasteiger partial charge >= 0.3 is 0 Å². The molecule has 0 spiro atoms. The number of aromatic nitrogens is 1. The second kappa shape index (κ2) is 6.39. The molecule has 1 heterocycles. The maximum atomic E-state index is 6.11. The number of nitrogens with zero attached hydrogens (tertiary/aromatic N) is 1. The first-order valence-electron chi connectivity index (χ1n) is 6.35. The third-order valence-corrected chi connectivity index (χ3v) is 4.40. The Morgan fingerprint density at radius 3 is 2.95 bits per heavy atom. The van der Waals surface area contributed by atoms with Crippen LogP contribution in [0.5, 0.6) is 0 Å². The summed E-state index contributed by atoms with van der Waals surface area (Å²) in [4.78, 5) is 0. The Balaban J connectivity index is 1.62. The predicted molar refractivity (Wildman–Crippen MR) is 94.1 cm³/mol. The highest BCUT2D eigenvalue weighted by Crippen LogP contribution is 2.22. The lowest BCUT2D eigenvalue weighted by Gasteiger charge is -2.11. The number of halogens is 1. The molecule has 0 unspecified atom stereocenters. The third-order valence-electron chi connectivity index (χ3n) is 3.01.